The highest BCUT2D eigenvalue weighted by Crippen LogP contribution is 2.35. The van der Waals surface area contributed by atoms with Crippen molar-refractivity contribution in [3.05, 3.63) is 48.0 Å². The maximum atomic E-state index is 4.22. The fourth-order valence-electron chi connectivity index (χ4n) is 2.20. The van der Waals surface area contributed by atoms with Gasteiger partial charge in [-0.05, 0) is 31.2 Å². The van der Waals surface area contributed by atoms with Gasteiger partial charge < -0.3 is 4.57 Å². The van der Waals surface area contributed by atoms with Crippen LogP contribution in [0.2, 0.25) is 0 Å². The van der Waals surface area contributed by atoms with E-state index in [4.69, 9.17) is 0 Å². The molecule has 1 aliphatic carbocycles. The first kappa shape index (κ1) is 10.5. The first-order chi connectivity index (χ1) is 8.43. The molecule has 17 heavy (non-hydrogen) atoms. The van der Waals surface area contributed by atoms with Gasteiger partial charge in [0.05, 0.1) is 0 Å². The second-order valence-corrected chi connectivity index (χ2v) is 4.72. The van der Waals surface area contributed by atoms with E-state index in [-0.39, 0.29) is 0 Å². The van der Waals surface area contributed by atoms with Gasteiger partial charge in [-0.15, -0.1) is 10.2 Å². The highest BCUT2D eigenvalue weighted by Gasteiger charge is 2.25. The molecule has 0 unspecified atom stereocenters. The van der Waals surface area contributed by atoms with Crippen molar-refractivity contribution in [2.45, 2.75) is 38.1 Å². The van der Waals surface area contributed by atoms with Gasteiger partial charge in [0.25, 0.3) is 0 Å². The fourth-order valence-corrected chi connectivity index (χ4v) is 2.20. The Morgan fingerprint density at radius 1 is 1.12 bits per heavy atom. The zero-order chi connectivity index (χ0) is 11.5. The quantitative estimate of drug-likeness (QED) is 0.786. The van der Waals surface area contributed by atoms with Gasteiger partial charge in [-0.1, -0.05) is 30.3 Å². The second kappa shape index (κ2) is 4.70. The molecule has 0 N–H and O–H groups in total. The zero-order valence-electron chi connectivity index (χ0n) is 9.92. The van der Waals surface area contributed by atoms with Gasteiger partial charge in [0.1, 0.15) is 12.2 Å². The second-order valence-electron chi connectivity index (χ2n) is 4.72. The third kappa shape index (κ3) is 2.54. The van der Waals surface area contributed by atoms with Crippen LogP contribution in [0.5, 0.6) is 0 Å². The molecule has 0 amide bonds. The minimum atomic E-state index is 0.691. The van der Waals surface area contributed by atoms with E-state index in [9.17, 15) is 0 Å². The Morgan fingerprint density at radius 2 is 1.94 bits per heavy atom. The predicted molar refractivity (Wildman–Crippen MR) is 66.8 cm³/mol. The fraction of sp³-hybridized carbons (Fsp3) is 0.429. The van der Waals surface area contributed by atoms with Crippen LogP contribution in [0.15, 0.2) is 36.7 Å². The van der Waals surface area contributed by atoms with Crippen molar-refractivity contribution >= 4 is 0 Å². The van der Waals surface area contributed by atoms with Gasteiger partial charge in [-0.2, -0.15) is 0 Å². The van der Waals surface area contributed by atoms with Crippen molar-refractivity contribution in [2.24, 2.45) is 0 Å². The van der Waals surface area contributed by atoms with E-state index in [0.717, 1.165) is 25.1 Å². The Labute approximate surface area is 101 Å². The number of aryl methyl sites for hydroxylation is 2. The average Bonchev–Trinajstić information content (AvgIpc) is 3.11. The average molecular weight is 227 g/mol. The summed E-state index contributed by atoms with van der Waals surface area (Å²) in [4.78, 5) is 0. The molecule has 2 aromatic rings. The summed E-state index contributed by atoms with van der Waals surface area (Å²) < 4.78 is 2.25. The Kier molecular flexibility index (Phi) is 2.90. The zero-order valence-corrected chi connectivity index (χ0v) is 9.92. The SMILES string of the molecule is c1ccc(CCCc2nncn2C2CC2)cc1. The molecule has 88 valence electrons. The van der Waals surface area contributed by atoms with Crippen LogP contribution in [-0.4, -0.2) is 14.8 Å². The molecule has 0 atom stereocenters. The number of rotatable bonds is 5. The van der Waals surface area contributed by atoms with E-state index in [0.29, 0.717) is 6.04 Å². The Bertz CT molecular complexity index is 471. The normalized spacial score (nSPS) is 15.1. The highest BCUT2D eigenvalue weighted by atomic mass is 15.3. The molecule has 0 saturated heterocycles. The van der Waals surface area contributed by atoms with Crippen molar-refractivity contribution in [1.82, 2.24) is 14.8 Å². The lowest BCUT2D eigenvalue weighted by Crippen LogP contribution is -2.01. The van der Waals surface area contributed by atoms with Crippen molar-refractivity contribution in [2.75, 3.05) is 0 Å². The Balaban J connectivity index is 1.55. The molecule has 0 bridgehead atoms. The van der Waals surface area contributed by atoms with Gasteiger partial charge >= 0.3 is 0 Å². The molecule has 3 rings (SSSR count). The van der Waals surface area contributed by atoms with E-state index in [1.165, 1.54) is 18.4 Å². The van der Waals surface area contributed by atoms with Crippen LogP contribution in [0.25, 0.3) is 0 Å². The summed E-state index contributed by atoms with van der Waals surface area (Å²) in [5.41, 5.74) is 1.41. The van der Waals surface area contributed by atoms with Crippen molar-refractivity contribution < 1.29 is 0 Å². The Hall–Kier alpha value is -1.64. The van der Waals surface area contributed by atoms with Crippen LogP contribution in [0.4, 0.5) is 0 Å². The summed E-state index contributed by atoms with van der Waals surface area (Å²) in [6.07, 6.45) is 7.78. The molecule has 1 heterocycles. The molecule has 0 radical (unpaired) electrons. The van der Waals surface area contributed by atoms with Crippen molar-refractivity contribution in [3.8, 4) is 0 Å². The third-order valence-corrected chi connectivity index (χ3v) is 3.30. The van der Waals surface area contributed by atoms with Crippen LogP contribution >= 0.6 is 0 Å². The van der Waals surface area contributed by atoms with Gasteiger partial charge in [-0.3, -0.25) is 0 Å². The number of benzene rings is 1. The molecular formula is C14H17N3. The van der Waals surface area contributed by atoms with Crippen LogP contribution in [0.1, 0.15) is 36.7 Å². The standard InChI is InChI=1S/C14H17N3/c1-2-5-12(6-3-1)7-4-8-14-16-15-11-17(14)13-9-10-13/h1-3,5-6,11,13H,4,7-10H2. The van der Waals surface area contributed by atoms with Crippen LogP contribution in [0, 0.1) is 0 Å². The van der Waals surface area contributed by atoms with Gasteiger partial charge in [0.15, 0.2) is 0 Å². The summed E-state index contributed by atoms with van der Waals surface area (Å²) in [6, 6.07) is 11.3. The van der Waals surface area contributed by atoms with E-state index in [2.05, 4.69) is 45.1 Å². The van der Waals surface area contributed by atoms with Gasteiger partial charge in [0.2, 0.25) is 0 Å². The van der Waals surface area contributed by atoms with E-state index < -0.39 is 0 Å². The number of nitrogens with zero attached hydrogens (tertiary/aromatic N) is 3. The summed E-state index contributed by atoms with van der Waals surface area (Å²) in [6.45, 7) is 0. The maximum Gasteiger partial charge on any atom is 0.133 e. The third-order valence-electron chi connectivity index (χ3n) is 3.30. The smallest absolute Gasteiger partial charge is 0.133 e. The summed E-state index contributed by atoms with van der Waals surface area (Å²) in [7, 11) is 0. The monoisotopic (exact) mass is 227 g/mol. The molecule has 1 saturated carbocycles. The summed E-state index contributed by atoms with van der Waals surface area (Å²) in [5, 5.41) is 8.24. The van der Waals surface area contributed by atoms with Crippen molar-refractivity contribution in [1.29, 1.82) is 0 Å². The number of aromatic nitrogens is 3. The summed E-state index contributed by atoms with van der Waals surface area (Å²) >= 11 is 0. The lowest BCUT2D eigenvalue weighted by Gasteiger charge is -2.04. The first-order valence-corrected chi connectivity index (χ1v) is 6.36. The van der Waals surface area contributed by atoms with Gasteiger partial charge in [-0.25, -0.2) is 0 Å². The highest BCUT2D eigenvalue weighted by molar-refractivity contribution is 5.14. The molecule has 3 heteroatoms. The molecule has 1 fully saturated rings. The van der Waals surface area contributed by atoms with Crippen LogP contribution in [0.3, 0.4) is 0 Å². The predicted octanol–water partition coefficient (Wildman–Crippen LogP) is 2.79. The lowest BCUT2D eigenvalue weighted by atomic mass is 10.1. The molecule has 0 aliphatic heterocycles. The Morgan fingerprint density at radius 3 is 2.71 bits per heavy atom. The molecular weight excluding hydrogens is 210 g/mol. The van der Waals surface area contributed by atoms with Gasteiger partial charge in [0, 0.05) is 12.5 Å². The molecule has 0 spiro atoms. The molecule has 1 aromatic carbocycles. The minimum Gasteiger partial charge on any atom is -0.314 e. The molecule has 3 nitrogen and oxygen atoms in total. The minimum absolute atomic E-state index is 0.691. The van der Waals surface area contributed by atoms with Crippen molar-refractivity contribution in [3.63, 3.8) is 0 Å². The summed E-state index contributed by atoms with van der Waals surface area (Å²) in [5.74, 6) is 1.16. The molecule has 1 aliphatic rings. The number of hydrogen-bond acceptors (Lipinski definition) is 2. The van der Waals surface area contributed by atoms with E-state index in [1.54, 1.807) is 0 Å². The molecule has 1 aromatic heterocycles. The first-order valence-electron chi connectivity index (χ1n) is 6.36. The lowest BCUT2D eigenvalue weighted by molar-refractivity contribution is 0.655. The van der Waals surface area contributed by atoms with E-state index in [1.807, 2.05) is 6.33 Å². The topological polar surface area (TPSA) is 30.7 Å². The maximum absolute atomic E-state index is 4.22. The van der Waals surface area contributed by atoms with Crippen LogP contribution in [-0.2, 0) is 12.8 Å². The van der Waals surface area contributed by atoms with E-state index >= 15 is 0 Å². The van der Waals surface area contributed by atoms with Crippen LogP contribution < -0.4 is 0 Å². The largest absolute Gasteiger partial charge is 0.314 e. The number of hydrogen-bond donors (Lipinski definition) is 0.